The maximum atomic E-state index is 12.1. The van der Waals surface area contributed by atoms with E-state index in [1.54, 1.807) is 0 Å². The minimum absolute atomic E-state index is 0.152. The zero-order valence-electron chi connectivity index (χ0n) is 18.4. The van der Waals surface area contributed by atoms with Crippen molar-refractivity contribution in [3.05, 3.63) is 32.6 Å². The molecule has 3 heterocycles. The number of aliphatic hydroxyl groups excluding tert-OH is 3. The summed E-state index contributed by atoms with van der Waals surface area (Å²) in [7, 11) is -11.0. The number of aliphatic hydroxyl groups is 3. The number of H-pyrrole nitrogens is 1. The summed E-state index contributed by atoms with van der Waals surface area (Å²) in [5.74, 6) is 0. The van der Waals surface area contributed by atoms with E-state index in [2.05, 4.69) is 18.3 Å². The van der Waals surface area contributed by atoms with Crippen LogP contribution in [0.3, 0.4) is 0 Å². The highest BCUT2D eigenvalue weighted by Crippen LogP contribution is 2.59. The Balaban J connectivity index is 1.59. The van der Waals surface area contributed by atoms with Crippen molar-refractivity contribution in [3.8, 4) is 0 Å². The van der Waals surface area contributed by atoms with Crippen LogP contribution in [0.5, 0.6) is 0 Å². The normalized spacial score (nSPS) is 37.0. The number of nitrogens with zero attached hydrogens (tertiary/aromatic N) is 1. The zero-order chi connectivity index (χ0) is 26.3. The summed E-state index contributed by atoms with van der Waals surface area (Å²) in [6.07, 6.45) is -8.70. The van der Waals surface area contributed by atoms with Crippen LogP contribution < -0.4 is 21.9 Å². The fourth-order valence-corrected chi connectivity index (χ4v) is 5.57. The third kappa shape index (κ3) is 6.72. The molecule has 0 aromatic carbocycles. The average Bonchev–Trinajstić information content (AvgIpc) is 3.11. The number of aryl methyl sites for hydroxylation is 1. The van der Waals surface area contributed by atoms with E-state index in [0.29, 0.717) is 0 Å². The predicted molar refractivity (Wildman–Crippen MR) is 110 cm³/mol. The number of hydrogen-bond donors (Lipinski definition) is 6. The van der Waals surface area contributed by atoms with Crippen molar-refractivity contribution in [2.45, 2.75) is 69.3 Å². The largest absolute Gasteiger partial charge is 0.756 e. The molecular formula is C16H26N3O14P2-. The van der Waals surface area contributed by atoms with E-state index in [-0.39, 0.29) is 12.0 Å². The molecule has 4 unspecified atom stereocenters. The summed E-state index contributed by atoms with van der Waals surface area (Å²) in [5.41, 5.74) is 4.34. The van der Waals surface area contributed by atoms with Crippen molar-refractivity contribution in [1.82, 2.24) is 9.55 Å². The predicted octanol–water partition coefficient (Wildman–Crippen LogP) is -3.09. The van der Waals surface area contributed by atoms with Gasteiger partial charge in [-0.25, -0.2) is 13.7 Å². The molecule has 35 heavy (non-hydrogen) atoms. The van der Waals surface area contributed by atoms with Crippen LogP contribution in [-0.2, 0) is 32.0 Å². The SMILES string of the molecule is Cc1cn([C@H]2C[C@@H](O)[C@@H](COP(=O)(O)OP(=O)([O-])O[C@@H]3OC(C)[C@H](O)[C@H](N)C3O)O2)c(=O)[nH]c1=O. The molecule has 7 N–H and O–H groups in total. The summed E-state index contributed by atoms with van der Waals surface area (Å²) >= 11 is 0. The number of phosphoric acid groups is 2. The van der Waals surface area contributed by atoms with Crippen LogP contribution in [0.15, 0.2) is 15.8 Å². The highest BCUT2D eigenvalue weighted by Gasteiger charge is 2.44. The Bertz CT molecular complexity index is 1130. The lowest BCUT2D eigenvalue weighted by molar-refractivity contribution is -0.278. The Morgan fingerprint density at radius 3 is 2.57 bits per heavy atom. The minimum Gasteiger partial charge on any atom is -0.756 e. The third-order valence-electron chi connectivity index (χ3n) is 5.40. The zero-order valence-corrected chi connectivity index (χ0v) is 20.2. The monoisotopic (exact) mass is 546 g/mol. The molecule has 19 heteroatoms. The first-order valence-electron chi connectivity index (χ1n) is 10.2. The summed E-state index contributed by atoms with van der Waals surface area (Å²) in [4.78, 5) is 47.4. The van der Waals surface area contributed by atoms with E-state index >= 15 is 0 Å². The smallest absolute Gasteiger partial charge is 0.478 e. The Morgan fingerprint density at radius 2 is 1.91 bits per heavy atom. The second-order valence-electron chi connectivity index (χ2n) is 8.08. The van der Waals surface area contributed by atoms with Crippen LogP contribution in [0.25, 0.3) is 0 Å². The molecule has 2 aliphatic heterocycles. The molecule has 0 bridgehead atoms. The maximum Gasteiger partial charge on any atom is 0.478 e. The van der Waals surface area contributed by atoms with Crippen LogP contribution in [-0.4, -0.2) is 79.2 Å². The van der Waals surface area contributed by atoms with Gasteiger partial charge in [0, 0.05) is 18.2 Å². The number of phosphoric ester groups is 2. The number of aromatic amines is 1. The molecule has 0 saturated carbocycles. The Morgan fingerprint density at radius 1 is 1.26 bits per heavy atom. The molecule has 0 spiro atoms. The maximum absolute atomic E-state index is 12.1. The molecule has 1 aromatic rings. The van der Waals surface area contributed by atoms with E-state index in [1.807, 2.05) is 0 Å². The van der Waals surface area contributed by atoms with Crippen LogP contribution in [0, 0.1) is 6.92 Å². The van der Waals surface area contributed by atoms with Gasteiger partial charge in [0.25, 0.3) is 13.4 Å². The van der Waals surface area contributed by atoms with Crippen molar-refractivity contribution in [2.24, 2.45) is 5.73 Å². The van der Waals surface area contributed by atoms with Gasteiger partial charge >= 0.3 is 13.5 Å². The molecule has 3 rings (SSSR count). The molecule has 2 saturated heterocycles. The Hall–Kier alpha value is -1.30. The highest BCUT2D eigenvalue weighted by molar-refractivity contribution is 7.60. The summed E-state index contributed by atoms with van der Waals surface area (Å²) < 4.78 is 48.8. The van der Waals surface area contributed by atoms with Crippen LogP contribution in [0.4, 0.5) is 0 Å². The number of hydrogen-bond acceptors (Lipinski definition) is 14. The second kappa shape index (κ2) is 10.6. The first-order chi connectivity index (χ1) is 16.1. The molecule has 10 atom stereocenters. The van der Waals surface area contributed by atoms with Gasteiger partial charge in [-0.1, -0.05) is 0 Å². The van der Waals surface area contributed by atoms with Gasteiger partial charge in [0.1, 0.15) is 18.4 Å². The van der Waals surface area contributed by atoms with E-state index in [0.717, 1.165) is 4.57 Å². The van der Waals surface area contributed by atoms with Gasteiger partial charge in [-0.05, 0) is 13.8 Å². The van der Waals surface area contributed by atoms with Gasteiger partial charge < -0.3 is 40.3 Å². The van der Waals surface area contributed by atoms with Crippen LogP contribution in [0.2, 0.25) is 0 Å². The lowest BCUT2D eigenvalue weighted by Crippen LogP contribution is -2.61. The minimum atomic E-state index is -5.64. The number of rotatable bonds is 8. The third-order valence-corrected chi connectivity index (χ3v) is 7.96. The fraction of sp³-hybridized carbons (Fsp3) is 0.750. The van der Waals surface area contributed by atoms with Gasteiger partial charge in [-0.3, -0.25) is 28.0 Å². The number of nitrogens with two attached hydrogens (primary N) is 1. The van der Waals surface area contributed by atoms with Crippen molar-refractivity contribution < 1.29 is 57.1 Å². The molecule has 2 fully saturated rings. The van der Waals surface area contributed by atoms with Crippen LogP contribution in [0.1, 0.15) is 25.1 Å². The van der Waals surface area contributed by atoms with E-state index in [1.165, 1.54) is 20.0 Å². The summed E-state index contributed by atoms with van der Waals surface area (Å²) in [6.45, 7) is 1.93. The summed E-state index contributed by atoms with van der Waals surface area (Å²) in [6, 6.07) is -1.34. The first-order valence-corrected chi connectivity index (χ1v) is 13.2. The number of aromatic nitrogens is 2. The van der Waals surface area contributed by atoms with Crippen molar-refractivity contribution in [1.29, 1.82) is 0 Å². The number of nitrogens with one attached hydrogen (secondary N) is 1. The van der Waals surface area contributed by atoms with Gasteiger partial charge in [-0.15, -0.1) is 0 Å². The Labute approximate surface area is 197 Å². The Kier molecular flexibility index (Phi) is 8.56. The molecule has 200 valence electrons. The van der Waals surface area contributed by atoms with Gasteiger partial charge in [-0.2, -0.15) is 0 Å². The fourth-order valence-electron chi connectivity index (χ4n) is 3.46. The molecule has 0 aliphatic carbocycles. The molecule has 0 radical (unpaired) electrons. The summed E-state index contributed by atoms with van der Waals surface area (Å²) in [5, 5.41) is 29.8. The van der Waals surface area contributed by atoms with Gasteiger partial charge in [0.15, 0.2) is 6.29 Å². The van der Waals surface area contributed by atoms with Gasteiger partial charge in [0.2, 0.25) is 0 Å². The molecule has 2 aliphatic rings. The second-order valence-corrected chi connectivity index (χ2v) is 11.0. The lowest BCUT2D eigenvalue weighted by atomic mass is 9.98. The van der Waals surface area contributed by atoms with Crippen molar-refractivity contribution in [2.75, 3.05) is 6.61 Å². The molecule has 0 amide bonds. The first kappa shape index (κ1) is 28.3. The molecule has 17 nitrogen and oxygen atoms in total. The number of ether oxygens (including phenoxy) is 2. The lowest BCUT2D eigenvalue weighted by Gasteiger charge is -2.41. The standard InChI is InChI=1S/C16H27N3O14P2/c1-6-4-19(16(24)18-14(6)23)10-3-8(20)9(31-10)5-29-34(25,26)33-35(27,28)32-15-13(22)11(17)12(21)7(2)30-15/h4,7-13,15,20-22H,3,5,17H2,1-2H3,(H,25,26)(H,27,28)(H,18,23,24)/p-1/t7?,8-,9-,10-,11+,12+,13?,15+/m1/s1. The average molecular weight is 546 g/mol. The van der Waals surface area contributed by atoms with Crippen LogP contribution >= 0.6 is 15.6 Å². The van der Waals surface area contributed by atoms with E-state index in [4.69, 9.17) is 15.2 Å². The van der Waals surface area contributed by atoms with Gasteiger partial charge in [0.05, 0.1) is 31.0 Å². The van der Waals surface area contributed by atoms with Crippen molar-refractivity contribution >= 4 is 15.6 Å². The highest BCUT2D eigenvalue weighted by atomic mass is 31.3. The van der Waals surface area contributed by atoms with E-state index < -0.39 is 82.6 Å². The molecule has 1 aromatic heterocycles. The topological polar surface area (TPSA) is 265 Å². The molecular weight excluding hydrogens is 520 g/mol. The quantitative estimate of drug-likeness (QED) is 0.176. The van der Waals surface area contributed by atoms with E-state index in [9.17, 15) is 43.8 Å². The van der Waals surface area contributed by atoms with Crippen molar-refractivity contribution in [3.63, 3.8) is 0 Å².